The monoisotopic (exact) mass is 357 g/mol. The van der Waals surface area contributed by atoms with Gasteiger partial charge in [0.25, 0.3) is 5.56 Å². The fourth-order valence-corrected chi connectivity index (χ4v) is 3.24. The summed E-state index contributed by atoms with van der Waals surface area (Å²) in [6.45, 7) is 1.65. The molecule has 1 N–H and O–H groups in total. The molecule has 0 saturated carbocycles. The first-order valence-corrected chi connectivity index (χ1v) is 8.61. The van der Waals surface area contributed by atoms with Crippen molar-refractivity contribution in [2.75, 3.05) is 12.8 Å². The van der Waals surface area contributed by atoms with Gasteiger partial charge in [0, 0.05) is 7.05 Å². The minimum absolute atomic E-state index is 0.107. The van der Waals surface area contributed by atoms with Crippen molar-refractivity contribution in [2.24, 2.45) is 0 Å². The Morgan fingerprint density at radius 3 is 2.76 bits per heavy atom. The van der Waals surface area contributed by atoms with E-state index in [1.807, 2.05) is 0 Å². The van der Waals surface area contributed by atoms with E-state index < -0.39 is 5.82 Å². The number of para-hydroxylation sites is 1. The smallest absolute Gasteiger partial charge is 0.266 e. The molecule has 7 heteroatoms. The largest absolute Gasteiger partial charge is 0.358 e. The Kier molecular flexibility index (Phi) is 4.85. The van der Waals surface area contributed by atoms with Crippen molar-refractivity contribution in [3.63, 3.8) is 0 Å². The molecule has 3 aromatic rings. The van der Waals surface area contributed by atoms with Crippen LogP contribution in [0.15, 0.2) is 52.4 Å². The van der Waals surface area contributed by atoms with Gasteiger partial charge in [-0.3, -0.25) is 14.2 Å². The number of benzene rings is 2. The zero-order chi connectivity index (χ0) is 18.0. The first-order chi connectivity index (χ1) is 12.0. The molecule has 3 rings (SSSR count). The standard InChI is InChI=1S/C18H16FN3O2S/c1-11-7-8-12(9-14(11)19)22-17(24)13-5-3-4-6-15(13)21-18(22)25-10-16(23)20-2/h3-9H,10H2,1-2H3,(H,20,23). The average Bonchev–Trinajstić information content (AvgIpc) is 2.62. The van der Waals surface area contributed by atoms with Crippen LogP contribution in [-0.4, -0.2) is 28.3 Å². The van der Waals surface area contributed by atoms with Crippen LogP contribution in [0.2, 0.25) is 0 Å². The Hall–Kier alpha value is -2.67. The summed E-state index contributed by atoms with van der Waals surface area (Å²) in [5.74, 6) is -0.482. The molecule has 0 unspecified atom stereocenters. The molecule has 0 aliphatic rings. The minimum atomic E-state index is -0.403. The molecule has 128 valence electrons. The SMILES string of the molecule is CNC(=O)CSc1nc2ccccc2c(=O)n1-c1ccc(C)c(F)c1. The lowest BCUT2D eigenvalue weighted by atomic mass is 10.2. The Bertz CT molecular complexity index is 1020. The molecule has 0 saturated heterocycles. The number of halogens is 1. The van der Waals surface area contributed by atoms with Gasteiger partial charge in [-0.2, -0.15) is 0 Å². The second-order valence-electron chi connectivity index (χ2n) is 5.45. The van der Waals surface area contributed by atoms with Crippen molar-refractivity contribution in [3.8, 4) is 5.69 Å². The van der Waals surface area contributed by atoms with Crippen LogP contribution in [-0.2, 0) is 4.79 Å². The zero-order valence-electron chi connectivity index (χ0n) is 13.7. The normalized spacial score (nSPS) is 10.8. The second kappa shape index (κ2) is 7.06. The van der Waals surface area contributed by atoms with Crippen molar-refractivity contribution < 1.29 is 9.18 Å². The highest BCUT2D eigenvalue weighted by atomic mass is 32.2. The van der Waals surface area contributed by atoms with Gasteiger partial charge in [0.15, 0.2) is 5.16 Å². The number of carbonyl (C=O) groups is 1. The number of carbonyl (C=O) groups excluding carboxylic acids is 1. The first-order valence-electron chi connectivity index (χ1n) is 7.63. The summed E-state index contributed by atoms with van der Waals surface area (Å²) in [5, 5.41) is 3.31. The summed E-state index contributed by atoms with van der Waals surface area (Å²) >= 11 is 1.13. The van der Waals surface area contributed by atoms with E-state index in [0.29, 0.717) is 27.3 Å². The van der Waals surface area contributed by atoms with Gasteiger partial charge in [-0.25, -0.2) is 9.37 Å². The second-order valence-corrected chi connectivity index (χ2v) is 6.39. The molecular weight excluding hydrogens is 341 g/mol. The number of aromatic nitrogens is 2. The van der Waals surface area contributed by atoms with Crippen LogP contribution in [0.5, 0.6) is 0 Å². The quantitative estimate of drug-likeness (QED) is 0.576. The Labute approximate surface area is 147 Å². The highest BCUT2D eigenvalue weighted by Crippen LogP contribution is 2.22. The number of nitrogens with one attached hydrogen (secondary N) is 1. The molecule has 0 radical (unpaired) electrons. The summed E-state index contributed by atoms with van der Waals surface area (Å²) in [4.78, 5) is 29.0. The number of fused-ring (bicyclic) bond motifs is 1. The third-order valence-electron chi connectivity index (χ3n) is 3.77. The van der Waals surface area contributed by atoms with E-state index in [9.17, 15) is 14.0 Å². The van der Waals surface area contributed by atoms with Crippen molar-refractivity contribution in [3.05, 3.63) is 64.2 Å². The lowest BCUT2D eigenvalue weighted by molar-refractivity contribution is -0.118. The lowest BCUT2D eigenvalue weighted by Crippen LogP contribution is -2.24. The molecule has 0 aliphatic carbocycles. The Balaban J connectivity index is 2.22. The highest BCUT2D eigenvalue weighted by Gasteiger charge is 2.15. The number of hydrogen-bond donors (Lipinski definition) is 1. The topological polar surface area (TPSA) is 64.0 Å². The van der Waals surface area contributed by atoms with Gasteiger partial charge in [-0.05, 0) is 36.8 Å². The van der Waals surface area contributed by atoms with Crippen LogP contribution in [0.1, 0.15) is 5.56 Å². The van der Waals surface area contributed by atoms with E-state index in [0.717, 1.165) is 11.8 Å². The summed E-state index contributed by atoms with van der Waals surface area (Å²) in [6, 6.07) is 11.5. The van der Waals surface area contributed by atoms with Gasteiger partial charge in [-0.1, -0.05) is 30.0 Å². The maximum atomic E-state index is 14.0. The molecule has 1 amide bonds. The minimum Gasteiger partial charge on any atom is -0.358 e. The van der Waals surface area contributed by atoms with Gasteiger partial charge in [0.05, 0.1) is 22.3 Å². The number of rotatable bonds is 4. The Morgan fingerprint density at radius 2 is 2.04 bits per heavy atom. The summed E-state index contributed by atoms with van der Waals surface area (Å²) in [5.41, 5.74) is 1.11. The zero-order valence-corrected chi connectivity index (χ0v) is 14.6. The third kappa shape index (κ3) is 3.41. The van der Waals surface area contributed by atoms with Gasteiger partial charge in [-0.15, -0.1) is 0 Å². The molecular formula is C18H16FN3O2S. The highest BCUT2D eigenvalue weighted by molar-refractivity contribution is 7.99. The molecule has 0 bridgehead atoms. The molecule has 0 aliphatic heterocycles. The van der Waals surface area contributed by atoms with Gasteiger partial charge < -0.3 is 5.32 Å². The van der Waals surface area contributed by atoms with Crippen molar-refractivity contribution >= 4 is 28.6 Å². The van der Waals surface area contributed by atoms with Gasteiger partial charge in [0.1, 0.15) is 5.82 Å². The fourth-order valence-electron chi connectivity index (χ4n) is 2.36. The van der Waals surface area contributed by atoms with Crippen LogP contribution < -0.4 is 10.9 Å². The Morgan fingerprint density at radius 1 is 1.28 bits per heavy atom. The molecule has 1 aromatic heterocycles. The number of thioether (sulfide) groups is 1. The van der Waals surface area contributed by atoms with Crippen LogP contribution >= 0.6 is 11.8 Å². The summed E-state index contributed by atoms with van der Waals surface area (Å²) in [7, 11) is 1.54. The lowest BCUT2D eigenvalue weighted by Gasteiger charge is -2.13. The van der Waals surface area contributed by atoms with Crippen molar-refractivity contribution in [1.29, 1.82) is 0 Å². The molecule has 0 spiro atoms. The molecule has 0 atom stereocenters. The molecule has 2 aromatic carbocycles. The maximum Gasteiger partial charge on any atom is 0.266 e. The van der Waals surface area contributed by atoms with Gasteiger partial charge >= 0.3 is 0 Å². The maximum absolute atomic E-state index is 14.0. The third-order valence-corrected chi connectivity index (χ3v) is 4.71. The fraction of sp³-hybridized carbons (Fsp3) is 0.167. The van der Waals surface area contributed by atoms with Crippen LogP contribution in [0, 0.1) is 12.7 Å². The molecule has 0 fully saturated rings. The van der Waals surface area contributed by atoms with Crippen LogP contribution in [0.4, 0.5) is 4.39 Å². The number of aryl methyl sites for hydroxylation is 1. The van der Waals surface area contributed by atoms with Gasteiger partial charge in [0.2, 0.25) is 5.91 Å². The van der Waals surface area contributed by atoms with E-state index in [4.69, 9.17) is 0 Å². The van der Waals surface area contributed by atoms with E-state index in [1.165, 1.54) is 10.6 Å². The van der Waals surface area contributed by atoms with E-state index in [1.54, 1.807) is 50.4 Å². The molecule has 5 nitrogen and oxygen atoms in total. The summed E-state index contributed by atoms with van der Waals surface area (Å²) in [6.07, 6.45) is 0. The number of hydrogen-bond acceptors (Lipinski definition) is 4. The van der Waals surface area contributed by atoms with Crippen LogP contribution in [0.25, 0.3) is 16.6 Å². The van der Waals surface area contributed by atoms with E-state index >= 15 is 0 Å². The summed E-state index contributed by atoms with van der Waals surface area (Å²) < 4.78 is 15.3. The van der Waals surface area contributed by atoms with Crippen LogP contribution in [0.3, 0.4) is 0 Å². The average molecular weight is 357 g/mol. The predicted molar refractivity (Wildman–Crippen MR) is 96.8 cm³/mol. The van der Waals surface area contributed by atoms with E-state index in [-0.39, 0.29) is 17.2 Å². The molecule has 1 heterocycles. The van der Waals surface area contributed by atoms with Crippen molar-refractivity contribution in [2.45, 2.75) is 12.1 Å². The van der Waals surface area contributed by atoms with Crippen molar-refractivity contribution in [1.82, 2.24) is 14.9 Å². The number of amides is 1. The van der Waals surface area contributed by atoms with E-state index in [2.05, 4.69) is 10.3 Å². The predicted octanol–water partition coefficient (Wildman–Crippen LogP) is 2.67. The molecule has 25 heavy (non-hydrogen) atoms. The number of nitrogens with zero attached hydrogens (tertiary/aromatic N) is 2. The first kappa shape index (κ1) is 17.2.